The van der Waals surface area contributed by atoms with Crippen LogP contribution in [0.5, 0.6) is 0 Å². The zero-order chi connectivity index (χ0) is 13.7. The number of carbonyl (C=O) groups is 1. The van der Waals surface area contributed by atoms with Crippen molar-refractivity contribution in [3.05, 3.63) is 23.8 Å². The van der Waals surface area contributed by atoms with Gasteiger partial charge in [0, 0.05) is 17.5 Å². The molecule has 0 bridgehead atoms. The normalized spacial score (nSPS) is 14.0. The molecule has 0 aliphatic heterocycles. The lowest BCUT2D eigenvalue weighted by Gasteiger charge is -2.22. The summed E-state index contributed by atoms with van der Waals surface area (Å²) in [5, 5.41) is 21.5. The topological polar surface area (TPSA) is 69.6 Å². The van der Waals surface area contributed by atoms with Crippen molar-refractivity contribution >= 4 is 23.4 Å². The van der Waals surface area contributed by atoms with E-state index in [1.807, 2.05) is 26.2 Å². The summed E-state index contributed by atoms with van der Waals surface area (Å²) in [6, 6.07) is 5.38. The predicted octanol–water partition coefficient (Wildman–Crippen LogP) is 2.54. The lowest BCUT2D eigenvalue weighted by atomic mass is 10.0. The number of aliphatic hydroxyl groups excluding tert-OH is 1. The average molecular weight is 269 g/mol. The fourth-order valence-corrected chi connectivity index (χ4v) is 2.20. The number of aromatic carboxylic acids is 1. The van der Waals surface area contributed by atoms with Gasteiger partial charge in [-0.2, -0.15) is 0 Å². The van der Waals surface area contributed by atoms with E-state index in [1.165, 1.54) is 11.8 Å². The smallest absolute Gasteiger partial charge is 0.338 e. The molecule has 0 radical (unpaired) electrons. The highest BCUT2D eigenvalue weighted by Gasteiger charge is 2.18. The average Bonchev–Trinajstić information content (AvgIpc) is 2.36. The van der Waals surface area contributed by atoms with E-state index in [0.29, 0.717) is 11.3 Å². The van der Waals surface area contributed by atoms with Gasteiger partial charge in [0.1, 0.15) is 0 Å². The summed E-state index contributed by atoms with van der Waals surface area (Å²) >= 11 is 1.41. The van der Waals surface area contributed by atoms with E-state index in [9.17, 15) is 9.90 Å². The van der Waals surface area contributed by atoms with Crippen molar-refractivity contribution in [3.63, 3.8) is 0 Å². The fourth-order valence-electron chi connectivity index (χ4n) is 1.59. The summed E-state index contributed by atoms with van der Waals surface area (Å²) in [7, 11) is 0. The van der Waals surface area contributed by atoms with Gasteiger partial charge in [0.2, 0.25) is 0 Å². The Morgan fingerprint density at radius 2 is 2.11 bits per heavy atom. The van der Waals surface area contributed by atoms with Crippen LogP contribution in [0.1, 0.15) is 24.2 Å². The Morgan fingerprint density at radius 3 is 2.61 bits per heavy atom. The molecule has 0 spiro atoms. The Hall–Kier alpha value is -1.20. The van der Waals surface area contributed by atoms with Crippen molar-refractivity contribution in [2.45, 2.75) is 24.8 Å². The van der Waals surface area contributed by atoms with Crippen LogP contribution in [0.3, 0.4) is 0 Å². The zero-order valence-corrected chi connectivity index (χ0v) is 11.6. The van der Waals surface area contributed by atoms with Crippen LogP contribution in [0.15, 0.2) is 23.1 Å². The highest BCUT2D eigenvalue weighted by atomic mass is 32.2. The van der Waals surface area contributed by atoms with E-state index in [4.69, 9.17) is 5.11 Å². The molecule has 0 aliphatic carbocycles. The second-order valence-electron chi connectivity index (χ2n) is 4.28. The Balaban J connectivity index is 3.05. The minimum absolute atomic E-state index is 0.00482. The number of rotatable bonds is 6. The van der Waals surface area contributed by atoms with E-state index < -0.39 is 5.97 Å². The van der Waals surface area contributed by atoms with Crippen molar-refractivity contribution in [2.75, 3.05) is 18.2 Å². The largest absolute Gasteiger partial charge is 0.478 e. The summed E-state index contributed by atoms with van der Waals surface area (Å²) in [5.74, 6) is -0.879. The first kappa shape index (κ1) is 14.9. The molecular formula is C13H19NO3S. The van der Waals surface area contributed by atoms with Crippen molar-refractivity contribution in [1.29, 1.82) is 0 Å². The van der Waals surface area contributed by atoms with E-state index in [-0.39, 0.29) is 18.6 Å². The molecule has 4 nitrogen and oxygen atoms in total. The van der Waals surface area contributed by atoms with Crippen LogP contribution in [-0.4, -0.2) is 35.1 Å². The molecule has 0 aliphatic rings. The number of carboxylic acid groups (broad SMARTS) is 1. The molecule has 2 unspecified atom stereocenters. The van der Waals surface area contributed by atoms with Gasteiger partial charge in [-0.05, 0) is 31.2 Å². The van der Waals surface area contributed by atoms with Crippen LogP contribution >= 0.6 is 11.8 Å². The lowest BCUT2D eigenvalue weighted by Crippen LogP contribution is -2.27. The van der Waals surface area contributed by atoms with E-state index in [1.54, 1.807) is 12.1 Å². The number of anilines is 1. The molecule has 0 saturated heterocycles. The van der Waals surface area contributed by atoms with Crippen LogP contribution < -0.4 is 5.32 Å². The first-order valence-corrected chi connectivity index (χ1v) is 7.01. The van der Waals surface area contributed by atoms with Gasteiger partial charge in [-0.25, -0.2) is 4.79 Å². The monoisotopic (exact) mass is 269 g/mol. The SMILES string of the molecule is CSc1cccc(NC(C)C(C)CO)c1C(=O)O. The van der Waals surface area contributed by atoms with Gasteiger partial charge in [-0.15, -0.1) is 11.8 Å². The van der Waals surface area contributed by atoms with Gasteiger partial charge >= 0.3 is 5.97 Å². The standard InChI is InChI=1S/C13H19NO3S/c1-8(7-15)9(2)14-10-5-4-6-11(18-3)12(10)13(16)17/h4-6,8-9,14-15H,7H2,1-3H3,(H,16,17). The fraction of sp³-hybridized carbons (Fsp3) is 0.462. The quantitative estimate of drug-likeness (QED) is 0.692. The molecule has 18 heavy (non-hydrogen) atoms. The first-order valence-electron chi connectivity index (χ1n) is 5.79. The molecule has 0 heterocycles. The van der Waals surface area contributed by atoms with Crippen LogP contribution in [0.2, 0.25) is 0 Å². The second-order valence-corrected chi connectivity index (χ2v) is 5.13. The molecule has 0 aromatic heterocycles. The van der Waals surface area contributed by atoms with Crippen LogP contribution in [0.4, 0.5) is 5.69 Å². The maximum atomic E-state index is 11.3. The summed E-state index contributed by atoms with van der Waals surface area (Å²) in [6.07, 6.45) is 1.85. The van der Waals surface area contributed by atoms with Crippen molar-refractivity contribution in [1.82, 2.24) is 0 Å². The van der Waals surface area contributed by atoms with Gasteiger partial charge in [-0.3, -0.25) is 0 Å². The van der Waals surface area contributed by atoms with Gasteiger partial charge in [-0.1, -0.05) is 13.0 Å². The molecule has 1 aromatic rings. The second kappa shape index (κ2) is 6.66. The first-order chi connectivity index (χ1) is 8.51. The number of nitrogens with one attached hydrogen (secondary N) is 1. The molecule has 100 valence electrons. The maximum absolute atomic E-state index is 11.3. The number of hydrogen-bond acceptors (Lipinski definition) is 4. The molecule has 0 fully saturated rings. The molecule has 1 aromatic carbocycles. The Morgan fingerprint density at radius 1 is 1.44 bits per heavy atom. The summed E-state index contributed by atoms with van der Waals surface area (Å²) in [5.41, 5.74) is 0.893. The van der Waals surface area contributed by atoms with Crippen LogP contribution in [0, 0.1) is 5.92 Å². The third-order valence-corrected chi connectivity index (χ3v) is 3.76. The highest BCUT2D eigenvalue weighted by Crippen LogP contribution is 2.28. The number of benzene rings is 1. The summed E-state index contributed by atoms with van der Waals surface area (Å²) < 4.78 is 0. The molecule has 3 N–H and O–H groups in total. The highest BCUT2D eigenvalue weighted by molar-refractivity contribution is 7.98. The molecule has 2 atom stereocenters. The maximum Gasteiger partial charge on any atom is 0.338 e. The van der Waals surface area contributed by atoms with Gasteiger partial charge in [0.15, 0.2) is 0 Å². The third kappa shape index (κ3) is 3.40. The Kier molecular flexibility index (Phi) is 5.50. The minimum atomic E-state index is -0.939. The molecule has 5 heteroatoms. The zero-order valence-electron chi connectivity index (χ0n) is 10.8. The van der Waals surface area contributed by atoms with E-state index in [0.717, 1.165) is 4.90 Å². The van der Waals surface area contributed by atoms with Gasteiger partial charge < -0.3 is 15.5 Å². The van der Waals surface area contributed by atoms with E-state index >= 15 is 0 Å². The van der Waals surface area contributed by atoms with Crippen LogP contribution in [-0.2, 0) is 0 Å². The van der Waals surface area contributed by atoms with Gasteiger partial charge in [0.25, 0.3) is 0 Å². The van der Waals surface area contributed by atoms with Gasteiger partial charge in [0.05, 0.1) is 11.3 Å². The Bertz CT molecular complexity index is 423. The summed E-state index contributed by atoms with van der Waals surface area (Å²) in [6.45, 7) is 3.91. The number of carboxylic acids is 1. The van der Waals surface area contributed by atoms with Crippen LogP contribution in [0.25, 0.3) is 0 Å². The lowest BCUT2D eigenvalue weighted by molar-refractivity contribution is 0.0694. The number of thioether (sulfide) groups is 1. The van der Waals surface area contributed by atoms with Crippen molar-refractivity contribution in [2.24, 2.45) is 5.92 Å². The minimum Gasteiger partial charge on any atom is -0.478 e. The number of aliphatic hydroxyl groups is 1. The number of hydrogen-bond donors (Lipinski definition) is 3. The molecular weight excluding hydrogens is 250 g/mol. The van der Waals surface area contributed by atoms with Crippen molar-refractivity contribution in [3.8, 4) is 0 Å². The molecule has 1 rings (SSSR count). The van der Waals surface area contributed by atoms with E-state index in [2.05, 4.69) is 5.32 Å². The predicted molar refractivity (Wildman–Crippen MR) is 74.5 cm³/mol. The van der Waals surface area contributed by atoms with Crippen molar-refractivity contribution < 1.29 is 15.0 Å². The molecule has 0 amide bonds. The summed E-state index contributed by atoms with van der Waals surface area (Å²) in [4.78, 5) is 12.1. The third-order valence-electron chi connectivity index (χ3n) is 2.98. The Labute approximate surface area is 111 Å². The molecule has 0 saturated carbocycles.